The monoisotopic (exact) mass is 365 g/mol. The number of hydrogen-bond acceptors (Lipinski definition) is 3. The number of Topliss-reactive ketones (excluding diaryl/α,β-unsaturated/α-hetero) is 1. The lowest BCUT2D eigenvalue weighted by atomic mass is 10.1. The van der Waals surface area contributed by atoms with Gasteiger partial charge < -0.3 is 10.1 Å². The van der Waals surface area contributed by atoms with Crippen LogP contribution in [0.25, 0.3) is 0 Å². The van der Waals surface area contributed by atoms with Crippen molar-refractivity contribution in [3.63, 3.8) is 0 Å². The van der Waals surface area contributed by atoms with Gasteiger partial charge in [0.05, 0.1) is 22.8 Å². The number of ether oxygens (including phenoxy) is 1. The molecule has 0 aromatic heterocycles. The van der Waals surface area contributed by atoms with Gasteiger partial charge in [-0.05, 0) is 42.8 Å². The summed E-state index contributed by atoms with van der Waals surface area (Å²) in [5.74, 6) is 0.455. The van der Waals surface area contributed by atoms with Gasteiger partial charge in [-0.2, -0.15) is 0 Å². The third-order valence-electron chi connectivity index (χ3n) is 3.45. The van der Waals surface area contributed by atoms with Gasteiger partial charge in [0.25, 0.3) is 0 Å². The fraction of sp³-hybridized carbons (Fsp3) is 0.222. The maximum absolute atomic E-state index is 12.1. The molecule has 0 aliphatic heterocycles. The molecule has 0 unspecified atom stereocenters. The molecule has 4 nitrogen and oxygen atoms in total. The minimum Gasteiger partial charge on any atom is -0.497 e. The summed E-state index contributed by atoms with van der Waals surface area (Å²) < 4.78 is 5.05. The van der Waals surface area contributed by atoms with Gasteiger partial charge >= 0.3 is 0 Å². The first kappa shape index (κ1) is 18.3. The zero-order chi connectivity index (χ0) is 17.5. The van der Waals surface area contributed by atoms with Crippen LogP contribution in [-0.4, -0.2) is 18.8 Å². The summed E-state index contributed by atoms with van der Waals surface area (Å²) in [5.41, 5.74) is 0.998. The molecule has 0 saturated heterocycles. The van der Waals surface area contributed by atoms with Crippen LogP contribution in [0.1, 0.15) is 29.6 Å². The Hall–Kier alpha value is -2.04. The lowest BCUT2D eigenvalue weighted by Crippen LogP contribution is -2.12. The van der Waals surface area contributed by atoms with Gasteiger partial charge in [-0.1, -0.05) is 29.3 Å². The molecule has 0 aliphatic carbocycles. The molecule has 0 aliphatic rings. The fourth-order valence-corrected chi connectivity index (χ4v) is 2.64. The van der Waals surface area contributed by atoms with Crippen LogP contribution < -0.4 is 10.1 Å². The van der Waals surface area contributed by atoms with E-state index in [2.05, 4.69) is 5.32 Å². The number of anilines is 1. The third-order valence-corrected chi connectivity index (χ3v) is 4.08. The Labute approximate surface area is 150 Å². The van der Waals surface area contributed by atoms with Crippen molar-refractivity contribution in [3.8, 4) is 5.75 Å². The van der Waals surface area contributed by atoms with Crippen LogP contribution in [0, 0.1) is 0 Å². The van der Waals surface area contributed by atoms with Gasteiger partial charge in [-0.25, -0.2) is 0 Å². The van der Waals surface area contributed by atoms with Crippen LogP contribution in [-0.2, 0) is 4.79 Å². The Morgan fingerprint density at radius 2 is 1.62 bits per heavy atom. The van der Waals surface area contributed by atoms with Gasteiger partial charge in [-0.15, -0.1) is 0 Å². The second-order valence-corrected chi connectivity index (χ2v) is 5.96. The maximum atomic E-state index is 12.1. The molecular formula is C18H17Cl2NO3. The van der Waals surface area contributed by atoms with E-state index in [0.717, 1.165) is 0 Å². The topological polar surface area (TPSA) is 55.4 Å². The smallest absolute Gasteiger partial charge is 0.224 e. The highest BCUT2D eigenvalue weighted by Gasteiger charge is 2.11. The number of ketones is 1. The summed E-state index contributed by atoms with van der Waals surface area (Å²) in [7, 11) is 1.57. The number of carbonyl (C=O) groups is 2. The largest absolute Gasteiger partial charge is 0.497 e. The van der Waals surface area contributed by atoms with E-state index in [0.29, 0.717) is 33.5 Å². The van der Waals surface area contributed by atoms with Crippen molar-refractivity contribution in [2.75, 3.05) is 12.4 Å². The minimum absolute atomic E-state index is 0.0128. The molecule has 24 heavy (non-hydrogen) atoms. The van der Waals surface area contributed by atoms with Gasteiger partial charge in [0.15, 0.2) is 5.78 Å². The predicted octanol–water partition coefficient (Wildman–Crippen LogP) is 4.99. The van der Waals surface area contributed by atoms with E-state index in [1.54, 1.807) is 49.6 Å². The molecular weight excluding hydrogens is 349 g/mol. The Balaban J connectivity index is 1.82. The lowest BCUT2D eigenvalue weighted by Gasteiger charge is -2.09. The second kappa shape index (κ2) is 8.71. The Kier molecular flexibility index (Phi) is 6.64. The van der Waals surface area contributed by atoms with E-state index >= 15 is 0 Å². The Morgan fingerprint density at radius 1 is 1.00 bits per heavy atom. The van der Waals surface area contributed by atoms with Gasteiger partial charge in [-0.3, -0.25) is 9.59 Å². The van der Waals surface area contributed by atoms with E-state index in [1.165, 1.54) is 0 Å². The van der Waals surface area contributed by atoms with Crippen molar-refractivity contribution < 1.29 is 14.3 Å². The molecule has 126 valence electrons. The number of carbonyl (C=O) groups excluding carboxylic acids is 2. The predicted molar refractivity (Wildman–Crippen MR) is 96.3 cm³/mol. The van der Waals surface area contributed by atoms with Crippen LogP contribution in [0.3, 0.4) is 0 Å². The fourth-order valence-electron chi connectivity index (χ4n) is 2.15. The zero-order valence-corrected chi connectivity index (χ0v) is 14.7. The molecule has 2 aromatic rings. The molecule has 0 radical (unpaired) electrons. The summed E-state index contributed by atoms with van der Waals surface area (Å²) >= 11 is 12.0. The molecule has 0 atom stereocenters. The average Bonchev–Trinajstić information content (AvgIpc) is 2.58. The third kappa shape index (κ3) is 4.98. The highest BCUT2D eigenvalue weighted by atomic mass is 35.5. The van der Waals surface area contributed by atoms with Gasteiger partial charge in [0.1, 0.15) is 5.75 Å². The number of para-hydroxylation sites is 1. The SMILES string of the molecule is COc1ccc(C(=O)CCCC(=O)Nc2c(Cl)cccc2Cl)cc1. The quantitative estimate of drug-likeness (QED) is 0.702. The van der Waals surface area contributed by atoms with Crippen LogP contribution in [0.15, 0.2) is 42.5 Å². The maximum Gasteiger partial charge on any atom is 0.224 e. The highest BCUT2D eigenvalue weighted by molar-refractivity contribution is 6.39. The van der Waals surface area contributed by atoms with E-state index in [9.17, 15) is 9.59 Å². The van der Waals surface area contributed by atoms with E-state index in [-0.39, 0.29) is 24.5 Å². The van der Waals surface area contributed by atoms with Crippen LogP contribution >= 0.6 is 23.2 Å². The first-order valence-electron chi connectivity index (χ1n) is 7.42. The van der Waals surface area contributed by atoms with Gasteiger partial charge in [0.2, 0.25) is 5.91 Å². The highest BCUT2D eigenvalue weighted by Crippen LogP contribution is 2.29. The number of methoxy groups -OCH3 is 1. The molecule has 0 saturated carbocycles. The minimum atomic E-state index is -0.229. The summed E-state index contributed by atoms with van der Waals surface area (Å²) in [6, 6.07) is 11.9. The summed E-state index contributed by atoms with van der Waals surface area (Å²) in [5, 5.41) is 3.44. The average molecular weight is 366 g/mol. The summed E-state index contributed by atoms with van der Waals surface area (Å²) in [6.07, 6.45) is 0.943. The Morgan fingerprint density at radius 3 is 2.21 bits per heavy atom. The van der Waals surface area contributed by atoms with E-state index in [4.69, 9.17) is 27.9 Å². The molecule has 1 N–H and O–H groups in total. The number of hydrogen-bond donors (Lipinski definition) is 1. The first-order valence-corrected chi connectivity index (χ1v) is 8.18. The number of amides is 1. The van der Waals surface area contributed by atoms with Crippen molar-refractivity contribution in [3.05, 3.63) is 58.1 Å². The van der Waals surface area contributed by atoms with Crippen molar-refractivity contribution in [2.45, 2.75) is 19.3 Å². The number of nitrogens with one attached hydrogen (secondary N) is 1. The molecule has 6 heteroatoms. The van der Waals surface area contributed by atoms with Crippen molar-refractivity contribution in [2.24, 2.45) is 0 Å². The molecule has 2 rings (SSSR count). The summed E-state index contributed by atoms with van der Waals surface area (Å²) in [6.45, 7) is 0. The van der Waals surface area contributed by atoms with Crippen LogP contribution in [0.2, 0.25) is 10.0 Å². The molecule has 0 heterocycles. The number of benzene rings is 2. The molecule has 1 amide bonds. The van der Waals surface area contributed by atoms with Crippen molar-refractivity contribution >= 4 is 40.6 Å². The molecule has 0 bridgehead atoms. The summed E-state index contributed by atoms with van der Waals surface area (Å²) in [4.78, 5) is 24.0. The molecule has 0 spiro atoms. The van der Waals surface area contributed by atoms with Crippen molar-refractivity contribution in [1.82, 2.24) is 0 Å². The number of halogens is 2. The zero-order valence-electron chi connectivity index (χ0n) is 13.1. The molecule has 2 aromatic carbocycles. The first-order chi connectivity index (χ1) is 11.5. The second-order valence-electron chi connectivity index (χ2n) is 5.15. The normalized spacial score (nSPS) is 10.3. The van der Waals surface area contributed by atoms with Gasteiger partial charge in [0, 0.05) is 18.4 Å². The Bertz CT molecular complexity index is 709. The van der Waals surface area contributed by atoms with Crippen LogP contribution in [0.4, 0.5) is 5.69 Å². The standard InChI is InChI=1S/C18H17Cl2NO3/c1-24-13-10-8-12(9-11-13)16(22)6-3-7-17(23)21-18-14(19)4-2-5-15(18)20/h2,4-5,8-11H,3,6-7H2,1H3,(H,21,23). The van der Waals surface area contributed by atoms with Crippen molar-refractivity contribution in [1.29, 1.82) is 0 Å². The van der Waals surface area contributed by atoms with E-state index in [1.807, 2.05) is 0 Å². The lowest BCUT2D eigenvalue weighted by molar-refractivity contribution is -0.116. The number of rotatable bonds is 7. The van der Waals surface area contributed by atoms with E-state index < -0.39 is 0 Å². The molecule has 0 fully saturated rings. The van der Waals surface area contributed by atoms with Crippen LogP contribution in [0.5, 0.6) is 5.75 Å².